The Morgan fingerprint density at radius 2 is 1.84 bits per heavy atom. The molecule has 0 radical (unpaired) electrons. The van der Waals surface area contributed by atoms with Gasteiger partial charge in [-0.2, -0.15) is 0 Å². The molecule has 6 nitrogen and oxygen atoms in total. The Balaban J connectivity index is 1.98. The van der Waals surface area contributed by atoms with Crippen LogP contribution in [0.5, 0.6) is 11.5 Å². The van der Waals surface area contributed by atoms with Crippen LogP contribution in [0.15, 0.2) is 42.5 Å². The van der Waals surface area contributed by atoms with Crippen LogP contribution < -0.4 is 9.47 Å². The van der Waals surface area contributed by atoms with E-state index in [4.69, 9.17) is 9.47 Å². The van der Waals surface area contributed by atoms with Crippen molar-refractivity contribution in [3.8, 4) is 11.5 Å². The number of carbonyl (C=O) groups is 2. The van der Waals surface area contributed by atoms with Crippen LogP contribution in [0.4, 0.5) is 0 Å². The van der Waals surface area contributed by atoms with Crippen LogP contribution in [0.1, 0.15) is 27.4 Å². The molecule has 2 aromatic rings. The molecule has 1 N–H and O–H groups in total. The number of para-hydroxylation sites is 1. The van der Waals surface area contributed by atoms with Gasteiger partial charge in [0.15, 0.2) is 11.5 Å². The van der Waals surface area contributed by atoms with E-state index >= 15 is 0 Å². The van der Waals surface area contributed by atoms with Crippen molar-refractivity contribution in [2.45, 2.75) is 12.5 Å². The third-order valence-corrected chi connectivity index (χ3v) is 4.41. The molecule has 130 valence electrons. The number of fused-ring (bicyclic) bond motifs is 1. The van der Waals surface area contributed by atoms with Crippen LogP contribution in [0.25, 0.3) is 0 Å². The molecule has 0 aromatic heterocycles. The molecule has 0 saturated heterocycles. The molecule has 3 rings (SSSR count). The lowest BCUT2D eigenvalue weighted by atomic mass is 9.89. The second-order valence-electron chi connectivity index (χ2n) is 5.82. The number of nitrogens with zero attached hydrogens (tertiary/aromatic N) is 1. The summed E-state index contributed by atoms with van der Waals surface area (Å²) in [5.74, 6) is -1.16. The highest BCUT2D eigenvalue weighted by Gasteiger charge is 2.33. The minimum atomic E-state index is -0.942. The van der Waals surface area contributed by atoms with E-state index in [1.807, 2.05) is 24.3 Å². The molecule has 0 spiro atoms. The molecule has 0 aliphatic carbocycles. The third-order valence-electron chi connectivity index (χ3n) is 4.41. The first kappa shape index (κ1) is 16.8. The predicted octanol–water partition coefficient (Wildman–Crippen LogP) is 2.53. The first-order valence-corrected chi connectivity index (χ1v) is 7.87. The van der Waals surface area contributed by atoms with Gasteiger partial charge in [0.2, 0.25) is 0 Å². The number of hydrogen-bond donors (Lipinski definition) is 1. The lowest BCUT2D eigenvalue weighted by Gasteiger charge is -2.33. The second-order valence-corrected chi connectivity index (χ2v) is 5.82. The van der Waals surface area contributed by atoms with E-state index in [1.165, 1.54) is 14.2 Å². The normalized spacial score (nSPS) is 16.1. The van der Waals surface area contributed by atoms with E-state index in [2.05, 4.69) is 0 Å². The Bertz CT molecular complexity index is 817. The van der Waals surface area contributed by atoms with Crippen LogP contribution in [0, 0.1) is 0 Å². The molecular formula is C19H19NO5. The van der Waals surface area contributed by atoms with Crippen molar-refractivity contribution in [3.63, 3.8) is 0 Å². The summed E-state index contributed by atoms with van der Waals surface area (Å²) in [5.41, 5.74) is 1.96. The van der Waals surface area contributed by atoms with Crippen molar-refractivity contribution in [1.29, 1.82) is 0 Å². The van der Waals surface area contributed by atoms with Gasteiger partial charge in [0.1, 0.15) is 0 Å². The first-order chi connectivity index (χ1) is 12.1. The summed E-state index contributed by atoms with van der Waals surface area (Å²) >= 11 is 0. The number of rotatable bonds is 4. The number of carboxylic acid groups (broad SMARTS) is 1. The summed E-state index contributed by atoms with van der Waals surface area (Å²) in [6.07, 6.45) is 0. The minimum absolute atomic E-state index is 0.117. The van der Waals surface area contributed by atoms with Gasteiger partial charge in [0.05, 0.1) is 25.7 Å². The molecule has 25 heavy (non-hydrogen) atoms. The van der Waals surface area contributed by atoms with E-state index in [0.717, 1.165) is 11.1 Å². The van der Waals surface area contributed by atoms with Gasteiger partial charge in [-0.3, -0.25) is 9.59 Å². The number of carbonyl (C=O) groups excluding carboxylic acids is 1. The van der Waals surface area contributed by atoms with Gasteiger partial charge < -0.3 is 19.5 Å². The van der Waals surface area contributed by atoms with E-state index in [0.29, 0.717) is 23.6 Å². The SMILES string of the molecule is COc1cccc(C(=O)N2Cc3ccccc3C(C(=O)O)C2)c1OC. The van der Waals surface area contributed by atoms with Gasteiger partial charge >= 0.3 is 5.97 Å². The van der Waals surface area contributed by atoms with Gasteiger partial charge in [-0.15, -0.1) is 0 Å². The monoisotopic (exact) mass is 341 g/mol. The van der Waals surface area contributed by atoms with E-state index in [9.17, 15) is 14.7 Å². The zero-order valence-corrected chi connectivity index (χ0v) is 14.1. The number of amides is 1. The summed E-state index contributed by atoms with van der Waals surface area (Å²) in [4.78, 5) is 26.2. The van der Waals surface area contributed by atoms with Gasteiger partial charge in [0, 0.05) is 13.1 Å². The van der Waals surface area contributed by atoms with Crippen LogP contribution in [0.2, 0.25) is 0 Å². The molecule has 6 heteroatoms. The molecule has 1 aliphatic rings. The van der Waals surface area contributed by atoms with E-state index in [-0.39, 0.29) is 12.5 Å². The van der Waals surface area contributed by atoms with Gasteiger partial charge in [-0.25, -0.2) is 0 Å². The number of aliphatic carboxylic acids is 1. The standard InChI is InChI=1S/C19H19NO5/c1-24-16-9-5-8-14(17(16)25-2)18(21)20-10-12-6-3-4-7-13(12)15(11-20)19(22)23/h3-9,15H,10-11H2,1-2H3,(H,22,23). The quantitative estimate of drug-likeness (QED) is 0.925. The number of ether oxygens (including phenoxy) is 2. The molecule has 1 atom stereocenters. The maximum atomic E-state index is 13.0. The van der Waals surface area contributed by atoms with Crippen molar-refractivity contribution in [3.05, 3.63) is 59.2 Å². The van der Waals surface area contributed by atoms with Gasteiger partial charge in [-0.1, -0.05) is 30.3 Å². The Kier molecular flexibility index (Phi) is 4.61. The fourth-order valence-corrected chi connectivity index (χ4v) is 3.20. The first-order valence-electron chi connectivity index (χ1n) is 7.87. The molecule has 0 fully saturated rings. The molecule has 2 aromatic carbocycles. The average Bonchev–Trinajstić information content (AvgIpc) is 2.65. The lowest BCUT2D eigenvalue weighted by Crippen LogP contribution is -2.40. The van der Waals surface area contributed by atoms with E-state index in [1.54, 1.807) is 23.1 Å². The van der Waals surface area contributed by atoms with Crippen LogP contribution in [0.3, 0.4) is 0 Å². The number of benzene rings is 2. The zero-order chi connectivity index (χ0) is 18.0. The van der Waals surface area contributed by atoms with Crippen molar-refractivity contribution in [1.82, 2.24) is 4.90 Å². The number of carboxylic acids is 1. The number of hydrogen-bond acceptors (Lipinski definition) is 4. The van der Waals surface area contributed by atoms with Crippen LogP contribution in [-0.2, 0) is 11.3 Å². The summed E-state index contributed by atoms with van der Waals surface area (Å²) < 4.78 is 10.6. The highest BCUT2D eigenvalue weighted by atomic mass is 16.5. The molecule has 0 bridgehead atoms. The highest BCUT2D eigenvalue weighted by Crippen LogP contribution is 2.34. The van der Waals surface area contributed by atoms with Crippen molar-refractivity contribution >= 4 is 11.9 Å². The van der Waals surface area contributed by atoms with E-state index < -0.39 is 11.9 Å². The fourth-order valence-electron chi connectivity index (χ4n) is 3.20. The largest absolute Gasteiger partial charge is 0.493 e. The van der Waals surface area contributed by atoms with Crippen molar-refractivity contribution in [2.75, 3.05) is 20.8 Å². The molecule has 1 unspecified atom stereocenters. The predicted molar refractivity (Wildman–Crippen MR) is 91.1 cm³/mol. The summed E-state index contributed by atoms with van der Waals surface area (Å²) in [7, 11) is 2.98. The van der Waals surface area contributed by atoms with Crippen molar-refractivity contribution in [2.24, 2.45) is 0 Å². The lowest BCUT2D eigenvalue weighted by molar-refractivity contribution is -0.139. The molecular weight excluding hydrogens is 322 g/mol. The van der Waals surface area contributed by atoms with Gasteiger partial charge in [0.25, 0.3) is 5.91 Å². The molecule has 0 saturated carbocycles. The summed E-state index contributed by atoms with van der Waals surface area (Å²) in [5, 5.41) is 9.56. The Labute approximate surface area is 145 Å². The second kappa shape index (κ2) is 6.84. The summed E-state index contributed by atoms with van der Waals surface area (Å²) in [6.45, 7) is 0.477. The van der Waals surface area contributed by atoms with Crippen LogP contribution in [-0.4, -0.2) is 42.6 Å². The molecule has 1 aliphatic heterocycles. The Hall–Kier alpha value is -3.02. The van der Waals surface area contributed by atoms with Crippen molar-refractivity contribution < 1.29 is 24.2 Å². The fraction of sp³-hybridized carbons (Fsp3) is 0.263. The number of methoxy groups -OCH3 is 2. The minimum Gasteiger partial charge on any atom is -0.493 e. The third kappa shape index (κ3) is 3.03. The average molecular weight is 341 g/mol. The smallest absolute Gasteiger partial charge is 0.312 e. The Morgan fingerprint density at radius 1 is 1.08 bits per heavy atom. The molecule has 1 heterocycles. The van der Waals surface area contributed by atoms with Gasteiger partial charge in [-0.05, 0) is 23.3 Å². The Morgan fingerprint density at radius 3 is 2.52 bits per heavy atom. The highest BCUT2D eigenvalue weighted by molar-refractivity contribution is 5.98. The maximum absolute atomic E-state index is 13.0. The van der Waals surface area contributed by atoms with Crippen LogP contribution >= 0.6 is 0 Å². The maximum Gasteiger partial charge on any atom is 0.312 e. The topological polar surface area (TPSA) is 76.1 Å². The summed E-state index contributed by atoms with van der Waals surface area (Å²) in [6, 6.07) is 12.4. The molecule has 1 amide bonds. The zero-order valence-electron chi connectivity index (χ0n) is 14.1.